The van der Waals surface area contributed by atoms with Gasteiger partial charge in [0, 0.05) is 12.5 Å². The summed E-state index contributed by atoms with van der Waals surface area (Å²) < 4.78 is 5.61. The first-order chi connectivity index (χ1) is 17.0. The Kier molecular flexibility index (Phi) is 8.33. The molecule has 0 radical (unpaired) electrons. The number of alkyl carbamates (subject to hydrolysis) is 1. The summed E-state index contributed by atoms with van der Waals surface area (Å²) >= 11 is 1.59. The van der Waals surface area contributed by atoms with E-state index in [-0.39, 0.29) is 30.8 Å². The van der Waals surface area contributed by atoms with Crippen LogP contribution in [0.2, 0.25) is 0 Å². The van der Waals surface area contributed by atoms with Crippen molar-refractivity contribution >= 4 is 29.7 Å². The van der Waals surface area contributed by atoms with E-state index in [0.717, 1.165) is 35.1 Å². The molecule has 0 aromatic heterocycles. The Balaban J connectivity index is 1.34. The Hall–Kier alpha value is -3.00. The number of rotatable bonds is 12. The van der Waals surface area contributed by atoms with Crippen molar-refractivity contribution in [3.63, 3.8) is 0 Å². The minimum absolute atomic E-state index is 0.0419. The van der Waals surface area contributed by atoms with E-state index in [2.05, 4.69) is 34.9 Å². The van der Waals surface area contributed by atoms with E-state index in [1.807, 2.05) is 30.5 Å². The van der Waals surface area contributed by atoms with E-state index < -0.39 is 18.1 Å². The monoisotopic (exact) mass is 496 g/mol. The van der Waals surface area contributed by atoms with Gasteiger partial charge in [0.25, 0.3) is 0 Å². The zero-order valence-corrected chi connectivity index (χ0v) is 20.7. The van der Waals surface area contributed by atoms with Gasteiger partial charge in [-0.2, -0.15) is 11.8 Å². The molecule has 4 rings (SSSR count). The van der Waals surface area contributed by atoms with Crippen molar-refractivity contribution in [2.45, 2.75) is 37.6 Å². The maximum atomic E-state index is 12.9. The molecule has 2 amide bonds. The highest BCUT2D eigenvalue weighted by Gasteiger charge is 2.34. The van der Waals surface area contributed by atoms with Crippen molar-refractivity contribution in [3.8, 4) is 11.1 Å². The van der Waals surface area contributed by atoms with Gasteiger partial charge in [-0.25, -0.2) is 4.79 Å². The van der Waals surface area contributed by atoms with E-state index in [0.29, 0.717) is 24.6 Å². The number of carboxylic acid groups (broad SMARTS) is 1. The first-order valence-electron chi connectivity index (χ1n) is 12.1. The normalized spacial score (nSPS) is 16.0. The first-order valence-corrected chi connectivity index (χ1v) is 13.5. The average Bonchev–Trinajstić information content (AvgIpc) is 3.65. The molecule has 0 bridgehead atoms. The fraction of sp³-hybridized carbons (Fsp3) is 0.444. The van der Waals surface area contributed by atoms with E-state index >= 15 is 0 Å². The highest BCUT2D eigenvalue weighted by Crippen LogP contribution is 2.44. The Bertz CT molecular complexity index is 1030. The van der Waals surface area contributed by atoms with Crippen LogP contribution in [0.4, 0.5) is 4.79 Å². The van der Waals surface area contributed by atoms with Crippen LogP contribution < -0.4 is 10.6 Å². The summed E-state index contributed by atoms with van der Waals surface area (Å²) in [6, 6.07) is 15.5. The van der Waals surface area contributed by atoms with Crippen molar-refractivity contribution < 1.29 is 24.2 Å². The molecule has 2 aromatic rings. The van der Waals surface area contributed by atoms with Gasteiger partial charge >= 0.3 is 12.1 Å². The number of carboxylic acids is 1. The van der Waals surface area contributed by atoms with Crippen LogP contribution in [-0.4, -0.2) is 54.3 Å². The Morgan fingerprint density at radius 2 is 1.69 bits per heavy atom. The summed E-state index contributed by atoms with van der Waals surface area (Å²) in [4.78, 5) is 36.7. The van der Waals surface area contributed by atoms with Gasteiger partial charge in [-0.3, -0.25) is 9.59 Å². The number of hydrogen-bond acceptors (Lipinski definition) is 5. The molecule has 1 saturated carbocycles. The molecule has 1 unspecified atom stereocenters. The van der Waals surface area contributed by atoms with Crippen LogP contribution in [0, 0.1) is 11.8 Å². The molecule has 0 aliphatic heterocycles. The van der Waals surface area contributed by atoms with Crippen molar-refractivity contribution in [2.75, 3.05) is 25.2 Å². The van der Waals surface area contributed by atoms with Crippen LogP contribution in [0.5, 0.6) is 0 Å². The molecule has 2 aromatic carbocycles. The van der Waals surface area contributed by atoms with Crippen LogP contribution in [0.3, 0.4) is 0 Å². The number of benzene rings is 2. The lowest BCUT2D eigenvalue weighted by molar-refractivity contribution is -0.138. The molecule has 3 N–H and O–H groups in total. The van der Waals surface area contributed by atoms with Crippen LogP contribution in [0.15, 0.2) is 48.5 Å². The Morgan fingerprint density at radius 3 is 2.26 bits per heavy atom. The topological polar surface area (TPSA) is 105 Å². The smallest absolute Gasteiger partial charge is 0.407 e. The summed E-state index contributed by atoms with van der Waals surface area (Å²) in [5.41, 5.74) is 4.56. The largest absolute Gasteiger partial charge is 0.481 e. The fourth-order valence-electron chi connectivity index (χ4n) is 4.84. The van der Waals surface area contributed by atoms with Gasteiger partial charge in [-0.1, -0.05) is 48.5 Å². The molecule has 2 aliphatic rings. The van der Waals surface area contributed by atoms with Crippen LogP contribution >= 0.6 is 11.8 Å². The van der Waals surface area contributed by atoms with E-state index in [9.17, 15) is 14.4 Å². The first kappa shape index (κ1) is 25.1. The summed E-state index contributed by atoms with van der Waals surface area (Å²) in [6.07, 6.45) is 3.82. The maximum Gasteiger partial charge on any atom is 0.407 e. The Labute approximate surface area is 210 Å². The number of nitrogens with one attached hydrogen (secondary N) is 2. The number of amides is 2. The molecular formula is C27H32N2O5S. The molecule has 0 spiro atoms. The highest BCUT2D eigenvalue weighted by molar-refractivity contribution is 7.98. The maximum absolute atomic E-state index is 12.9. The minimum Gasteiger partial charge on any atom is -0.481 e. The lowest BCUT2D eigenvalue weighted by atomic mass is 9.98. The van der Waals surface area contributed by atoms with Gasteiger partial charge in [0.05, 0.1) is 6.42 Å². The second-order valence-corrected chi connectivity index (χ2v) is 10.2. The number of thioether (sulfide) groups is 1. The Morgan fingerprint density at radius 1 is 1.06 bits per heavy atom. The SMILES string of the molecule is CSCC[C@@H](NC(=O)OCC1c2ccccc2-c2ccccc21)C(=O)NCC(CC(=O)O)C1CC1. The number of carbonyl (C=O) groups is 3. The summed E-state index contributed by atoms with van der Waals surface area (Å²) in [6.45, 7) is 0.483. The van der Waals surface area contributed by atoms with Crippen molar-refractivity contribution in [1.29, 1.82) is 0 Å². The molecule has 2 aliphatic carbocycles. The zero-order chi connectivity index (χ0) is 24.8. The van der Waals surface area contributed by atoms with Crippen molar-refractivity contribution in [3.05, 3.63) is 59.7 Å². The third-order valence-corrected chi connectivity index (χ3v) is 7.47. The van der Waals surface area contributed by atoms with Crippen molar-refractivity contribution in [1.82, 2.24) is 10.6 Å². The molecule has 0 saturated heterocycles. The number of hydrogen-bond donors (Lipinski definition) is 3. The molecule has 35 heavy (non-hydrogen) atoms. The molecule has 7 nitrogen and oxygen atoms in total. The third-order valence-electron chi connectivity index (χ3n) is 6.83. The summed E-state index contributed by atoms with van der Waals surface area (Å²) in [5.74, 6) is -0.237. The third kappa shape index (κ3) is 6.36. The minimum atomic E-state index is -0.855. The molecule has 2 atom stereocenters. The standard InChI is InChI=1S/C27H32N2O5S/c1-35-13-12-24(26(32)28-15-18(14-25(30)31)17-10-11-17)29-27(33)34-16-23-21-8-4-2-6-19(21)20-7-3-5-9-22(20)23/h2-9,17-18,23-24H,10-16H2,1H3,(H,28,32)(H,29,33)(H,30,31)/t18?,24-/m1/s1. The number of ether oxygens (including phenoxy) is 1. The highest BCUT2D eigenvalue weighted by atomic mass is 32.2. The van der Waals surface area contributed by atoms with Gasteiger partial charge in [0.2, 0.25) is 5.91 Å². The van der Waals surface area contributed by atoms with Crippen LogP contribution in [-0.2, 0) is 14.3 Å². The predicted molar refractivity (Wildman–Crippen MR) is 136 cm³/mol. The summed E-state index contributed by atoms with van der Waals surface area (Å²) in [5, 5.41) is 14.7. The lowest BCUT2D eigenvalue weighted by Gasteiger charge is -2.21. The lowest BCUT2D eigenvalue weighted by Crippen LogP contribution is -2.48. The average molecular weight is 497 g/mol. The number of carbonyl (C=O) groups excluding carboxylic acids is 2. The summed E-state index contributed by atoms with van der Waals surface area (Å²) in [7, 11) is 0. The molecule has 0 heterocycles. The van der Waals surface area contributed by atoms with E-state index in [1.54, 1.807) is 11.8 Å². The van der Waals surface area contributed by atoms with Gasteiger partial charge in [0.1, 0.15) is 12.6 Å². The van der Waals surface area contributed by atoms with Crippen LogP contribution in [0.1, 0.15) is 42.7 Å². The van der Waals surface area contributed by atoms with Gasteiger partial charge < -0.3 is 20.5 Å². The van der Waals surface area contributed by atoms with E-state index in [1.165, 1.54) is 0 Å². The van der Waals surface area contributed by atoms with Crippen LogP contribution in [0.25, 0.3) is 11.1 Å². The molecule has 1 fully saturated rings. The quantitative estimate of drug-likeness (QED) is 0.406. The van der Waals surface area contributed by atoms with Gasteiger partial charge in [-0.05, 0) is 65.4 Å². The zero-order valence-electron chi connectivity index (χ0n) is 19.9. The molecule has 8 heteroatoms. The number of fused-ring (bicyclic) bond motifs is 3. The fourth-order valence-corrected chi connectivity index (χ4v) is 5.31. The predicted octanol–water partition coefficient (Wildman–Crippen LogP) is 4.26. The van der Waals surface area contributed by atoms with E-state index in [4.69, 9.17) is 9.84 Å². The van der Waals surface area contributed by atoms with Crippen molar-refractivity contribution in [2.24, 2.45) is 11.8 Å². The molecular weight excluding hydrogens is 464 g/mol. The van der Waals surface area contributed by atoms with Gasteiger partial charge in [-0.15, -0.1) is 0 Å². The van der Waals surface area contributed by atoms with Gasteiger partial charge in [0.15, 0.2) is 0 Å². The molecule has 186 valence electrons. The second kappa shape index (κ2) is 11.6. The number of aliphatic carboxylic acids is 1. The second-order valence-electron chi connectivity index (χ2n) is 9.24.